The van der Waals surface area contributed by atoms with Gasteiger partial charge in [-0.2, -0.15) is 18.4 Å². The summed E-state index contributed by atoms with van der Waals surface area (Å²) in [7, 11) is 0. The van der Waals surface area contributed by atoms with E-state index in [-0.39, 0.29) is 12.0 Å². The van der Waals surface area contributed by atoms with Crippen molar-refractivity contribution in [3.05, 3.63) is 81.3 Å². The lowest BCUT2D eigenvalue weighted by Crippen LogP contribution is -2.54. The van der Waals surface area contributed by atoms with Gasteiger partial charge in [-0.3, -0.25) is 4.79 Å². The fourth-order valence-corrected chi connectivity index (χ4v) is 4.24. The number of carboxylic acid groups (broad SMARTS) is 1. The molecule has 4 nitrogen and oxygen atoms in total. The van der Waals surface area contributed by atoms with Gasteiger partial charge in [-0.25, -0.2) is 4.39 Å². The lowest BCUT2D eigenvalue weighted by atomic mass is 9.62. The van der Waals surface area contributed by atoms with Gasteiger partial charge in [-0.05, 0) is 49.2 Å². The molecule has 2 aromatic rings. The molecule has 0 amide bonds. The van der Waals surface area contributed by atoms with Gasteiger partial charge in [0.2, 0.25) is 0 Å². The minimum Gasteiger partial charge on any atom is -0.481 e. The van der Waals surface area contributed by atoms with Gasteiger partial charge < -0.3 is 10.4 Å². The molecule has 2 aromatic carbocycles. The number of alkyl halides is 3. The molecule has 168 valence electrons. The molecule has 0 bridgehead atoms. The number of nitriles is 1. The number of halogens is 5. The first-order valence-electron chi connectivity index (χ1n) is 9.63. The summed E-state index contributed by atoms with van der Waals surface area (Å²) < 4.78 is 55.1. The molecule has 0 aliphatic carbocycles. The van der Waals surface area contributed by atoms with Crippen LogP contribution < -0.4 is 5.32 Å². The molecule has 3 unspecified atom stereocenters. The number of rotatable bonds is 4. The van der Waals surface area contributed by atoms with Gasteiger partial charge in [-0.15, -0.1) is 0 Å². The first-order chi connectivity index (χ1) is 14.9. The largest absolute Gasteiger partial charge is 0.481 e. The van der Waals surface area contributed by atoms with Crippen molar-refractivity contribution >= 4 is 17.6 Å². The van der Waals surface area contributed by atoms with E-state index in [4.69, 9.17) is 11.6 Å². The Balaban J connectivity index is 2.28. The van der Waals surface area contributed by atoms with Crippen LogP contribution in [0.2, 0.25) is 5.02 Å². The molecule has 2 N–H and O–H groups in total. The number of aliphatic carboxylic acids is 1. The molecule has 0 fully saturated rings. The van der Waals surface area contributed by atoms with Crippen molar-refractivity contribution in [2.75, 3.05) is 0 Å². The number of allylic oxidation sites excluding steroid dienone is 2. The maximum Gasteiger partial charge on any atom is 0.416 e. The summed E-state index contributed by atoms with van der Waals surface area (Å²) in [6.45, 7) is 2.82. The molecule has 1 aliphatic heterocycles. The second-order valence-corrected chi connectivity index (χ2v) is 8.36. The number of carbonyl (C=O) groups is 1. The Morgan fingerprint density at radius 2 is 1.88 bits per heavy atom. The Labute approximate surface area is 187 Å². The van der Waals surface area contributed by atoms with E-state index in [0.29, 0.717) is 16.8 Å². The summed E-state index contributed by atoms with van der Waals surface area (Å²) >= 11 is 5.90. The highest BCUT2D eigenvalue weighted by molar-refractivity contribution is 6.30. The highest BCUT2D eigenvalue weighted by Gasteiger charge is 2.54. The molecule has 1 aliphatic rings. The average Bonchev–Trinajstić information content (AvgIpc) is 2.71. The third-order valence-electron chi connectivity index (χ3n) is 6.01. The zero-order chi connectivity index (χ0) is 23.8. The number of carboxylic acids is 1. The van der Waals surface area contributed by atoms with Crippen molar-refractivity contribution in [1.29, 1.82) is 5.26 Å². The SMILES string of the molecule is CC1NC(Cc2ccc(Cl)cc2)=C(C#N)C(c2ccc(F)cc2C(F)(F)F)C1(C)C(=O)O. The number of hydrogen-bond donors (Lipinski definition) is 2. The van der Waals surface area contributed by atoms with Gasteiger partial charge in [0.25, 0.3) is 0 Å². The van der Waals surface area contributed by atoms with Crippen LogP contribution in [0.5, 0.6) is 0 Å². The van der Waals surface area contributed by atoms with Crippen LogP contribution in [0.4, 0.5) is 17.6 Å². The smallest absolute Gasteiger partial charge is 0.416 e. The van der Waals surface area contributed by atoms with Crippen LogP contribution in [-0.4, -0.2) is 17.1 Å². The van der Waals surface area contributed by atoms with E-state index >= 15 is 0 Å². The van der Waals surface area contributed by atoms with Crippen molar-refractivity contribution in [1.82, 2.24) is 5.32 Å². The second-order valence-electron chi connectivity index (χ2n) is 7.92. The highest BCUT2D eigenvalue weighted by atomic mass is 35.5. The summed E-state index contributed by atoms with van der Waals surface area (Å²) in [5, 5.41) is 23.5. The normalized spacial score (nSPS) is 23.4. The van der Waals surface area contributed by atoms with Gasteiger partial charge in [0.05, 0.1) is 22.6 Å². The molecule has 3 atom stereocenters. The van der Waals surface area contributed by atoms with Gasteiger partial charge in [-0.1, -0.05) is 29.8 Å². The fraction of sp³-hybridized carbons (Fsp3) is 0.304. The van der Waals surface area contributed by atoms with E-state index in [1.54, 1.807) is 24.3 Å². The standard InChI is InChI=1S/C23H19ClF4N2O2/c1-12-22(2,21(31)32)20(16-8-7-15(25)10-18(16)23(26,27)28)17(11-29)19(30-12)9-13-3-5-14(24)6-4-13/h3-8,10,12,20,30H,9H2,1-2H3,(H,31,32). The van der Waals surface area contributed by atoms with Crippen LogP contribution in [0.15, 0.2) is 53.7 Å². The molecule has 9 heteroatoms. The Bertz CT molecular complexity index is 1120. The average molecular weight is 467 g/mol. The lowest BCUT2D eigenvalue weighted by Gasteiger charge is -2.45. The van der Waals surface area contributed by atoms with E-state index in [1.165, 1.54) is 13.8 Å². The van der Waals surface area contributed by atoms with E-state index in [2.05, 4.69) is 5.32 Å². The van der Waals surface area contributed by atoms with Crippen molar-refractivity contribution in [3.8, 4) is 6.07 Å². The summed E-state index contributed by atoms with van der Waals surface area (Å²) in [4.78, 5) is 12.3. The summed E-state index contributed by atoms with van der Waals surface area (Å²) in [6.07, 6.45) is -4.79. The van der Waals surface area contributed by atoms with Crippen LogP contribution >= 0.6 is 11.6 Å². The Morgan fingerprint density at radius 1 is 1.25 bits per heavy atom. The zero-order valence-corrected chi connectivity index (χ0v) is 17.9. The van der Waals surface area contributed by atoms with Crippen molar-refractivity contribution < 1.29 is 27.5 Å². The third-order valence-corrected chi connectivity index (χ3v) is 6.26. The second kappa shape index (κ2) is 8.47. The van der Waals surface area contributed by atoms with Gasteiger partial charge >= 0.3 is 12.1 Å². The van der Waals surface area contributed by atoms with Gasteiger partial charge in [0.1, 0.15) is 5.82 Å². The minimum absolute atomic E-state index is 0.139. The monoisotopic (exact) mass is 466 g/mol. The van der Waals surface area contributed by atoms with Crippen LogP contribution in [0.25, 0.3) is 0 Å². The molecular formula is C23H19ClF4N2O2. The van der Waals surface area contributed by atoms with Crippen molar-refractivity contribution in [2.45, 2.75) is 38.4 Å². The molecule has 0 radical (unpaired) electrons. The third kappa shape index (κ3) is 4.17. The summed E-state index contributed by atoms with van der Waals surface area (Å²) in [6, 6.07) is 9.85. The highest BCUT2D eigenvalue weighted by Crippen LogP contribution is 2.51. The predicted octanol–water partition coefficient (Wildman–Crippen LogP) is 5.68. The number of nitrogens with zero attached hydrogens (tertiary/aromatic N) is 1. The predicted molar refractivity (Wildman–Crippen MR) is 110 cm³/mol. The topological polar surface area (TPSA) is 73.1 Å². The van der Waals surface area contributed by atoms with E-state index in [0.717, 1.165) is 17.7 Å². The first-order valence-corrected chi connectivity index (χ1v) is 10.0. The van der Waals surface area contributed by atoms with E-state index in [1.807, 2.05) is 6.07 Å². The summed E-state index contributed by atoms with van der Waals surface area (Å²) in [5.74, 6) is -3.94. The van der Waals surface area contributed by atoms with Crippen LogP contribution in [0, 0.1) is 22.6 Å². The molecular weight excluding hydrogens is 448 g/mol. The Kier molecular flexibility index (Phi) is 6.25. The van der Waals surface area contributed by atoms with E-state index < -0.39 is 46.5 Å². The molecule has 0 saturated heterocycles. The lowest BCUT2D eigenvalue weighted by molar-refractivity contribution is -0.152. The summed E-state index contributed by atoms with van der Waals surface area (Å²) in [5.41, 5.74) is -2.68. The van der Waals surface area contributed by atoms with Gasteiger partial charge in [0.15, 0.2) is 0 Å². The molecule has 0 aromatic heterocycles. The molecule has 1 heterocycles. The molecule has 3 rings (SSSR count). The van der Waals surface area contributed by atoms with E-state index in [9.17, 15) is 32.7 Å². The maximum atomic E-state index is 13.8. The van der Waals surface area contributed by atoms with Crippen LogP contribution in [0.3, 0.4) is 0 Å². The van der Waals surface area contributed by atoms with Crippen LogP contribution in [0.1, 0.15) is 36.5 Å². The van der Waals surface area contributed by atoms with Crippen molar-refractivity contribution in [2.24, 2.45) is 5.41 Å². The quantitative estimate of drug-likeness (QED) is 0.568. The Hall–Kier alpha value is -3.05. The number of hydrogen-bond acceptors (Lipinski definition) is 3. The molecule has 0 spiro atoms. The number of nitrogens with one attached hydrogen (secondary N) is 1. The van der Waals surface area contributed by atoms with Crippen molar-refractivity contribution in [3.63, 3.8) is 0 Å². The Morgan fingerprint density at radius 3 is 2.41 bits per heavy atom. The molecule has 0 saturated carbocycles. The first kappa shape index (κ1) is 23.6. The van der Waals surface area contributed by atoms with Gasteiger partial charge in [0, 0.05) is 29.1 Å². The maximum absolute atomic E-state index is 13.8. The fourth-order valence-electron chi connectivity index (χ4n) is 4.11. The molecule has 32 heavy (non-hydrogen) atoms. The number of benzene rings is 2. The van der Waals surface area contributed by atoms with Crippen LogP contribution in [-0.2, 0) is 17.4 Å². The zero-order valence-electron chi connectivity index (χ0n) is 17.1. The minimum atomic E-state index is -4.94.